The number of thioether (sulfide) groups is 1. The topological polar surface area (TPSA) is 50.4 Å². The van der Waals surface area contributed by atoms with Crippen molar-refractivity contribution in [2.24, 2.45) is 0 Å². The monoisotopic (exact) mass is 422 g/mol. The zero-order valence-corrected chi connectivity index (χ0v) is 17.0. The van der Waals surface area contributed by atoms with E-state index in [0.29, 0.717) is 26.1 Å². The molecule has 0 radical (unpaired) electrons. The second-order valence-electron chi connectivity index (χ2n) is 6.07. The average molecular weight is 423 g/mol. The van der Waals surface area contributed by atoms with Crippen LogP contribution < -0.4 is 0 Å². The number of fused-ring (bicyclic) bond motifs is 1. The molecule has 0 fully saturated rings. The Bertz CT molecular complexity index is 1230. The van der Waals surface area contributed by atoms with Gasteiger partial charge in [0.05, 0.1) is 10.1 Å². The van der Waals surface area contributed by atoms with Crippen LogP contribution in [0.5, 0.6) is 5.95 Å². The molecular weight excluding hydrogens is 408 g/mol. The molecule has 0 unspecified atom stereocenters. The Labute approximate surface area is 176 Å². The van der Waals surface area contributed by atoms with Crippen LogP contribution in [0, 0.1) is 4.51 Å². The number of carbonyl (C=O) groups excluding carboxylic acids is 1. The standard InChI is InChI=1S/C22H14O3S3/c23-21-20(13-4-2-1-3-5-13)16-10-11-18(27)19(12-17(16)25-21)28-22(24)14-6-8-15(26)9-7-14/h1-12,23,26H. The van der Waals surface area contributed by atoms with E-state index in [1.807, 2.05) is 36.4 Å². The van der Waals surface area contributed by atoms with Crippen molar-refractivity contribution in [3.63, 3.8) is 0 Å². The van der Waals surface area contributed by atoms with Gasteiger partial charge in [-0.2, -0.15) is 0 Å². The Morgan fingerprint density at radius 1 is 1.00 bits per heavy atom. The molecule has 4 rings (SSSR count). The Kier molecular flexibility index (Phi) is 5.26. The minimum Gasteiger partial charge on any atom is -0.480 e. The van der Waals surface area contributed by atoms with Gasteiger partial charge in [-0.05, 0) is 59.8 Å². The Morgan fingerprint density at radius 3 is 2.43 bits per heavy atom. The molecule has 28 heavy (non-hydrogen) atoms. The van der Waals surface area contributed by atoms with Crippen molar-refractivity contribution in [2.45, 2.75) is 9.79 Å². The summed E-state index contributed by atoms with van der Waals surface area (Å²) in [7, 11) is 0. The molecule has 0 aliphatic rings. The molecule has 0 bridgehead atoms. The normalized spacial score (nSPS) is 10.9. The van der Waals surface area contributed by atoms with Crippen molar-refractivity contribution >= 4 is 52.7 Å². The fourth-order valence-corrected chi connectivity index (χ4v) is 4.06. The van der Waals surface area contributed by atoms with E-state index < -0.39 is 0 Å². The molecule has 3 aromatic carbocycles. The lowest BCUT2D eigenvalue weighted by Gasteiger charge is -2.00. The van der Waals surface area contributed by atoms with Gasteiger partial charge in [-0.1, -0.05) is 42.5 Å². The fraction of sp³-hybridized carbons (Fsp3) is 0. The highest BCUT2D eigenvalue weighted by atomic mass is 32.2. The summed E-state index contributed by atoms with van der Waals surface area (Å²) in [5.74, 6) is -0.162. The summed E-state index contributed by atoms with van der Waals surface area (Å²) in [6.45, 7) is 0. The van der Waals surface area contributed by atoms with Crippen molar-refractivity contribution in [1.82, 2.24) is 0 Å². The molecule has 3 nitrogen and oxygen atoms in total. The smallest absolute Gasteiger partial charge is 0.291 e. The van der Waals surface area contributed by atoms with E-state index in [2.05, 4.69) is 12.6 Å². The third-order valence-electron chi connectivity index (χ3n) is 4.23. The van der Waals surface area contributed by atoms with Crippen molar-refractivity contribution in [3.05, 3.63) is 82.9 Å². The lowest BCUT2D eigenvalue weighted by atomic mass is 10.1. The van der Waals surface area contributed by atoms with Crippen LogP contribution in [-0.4, -0.2) is 10.2 Å². The van der Waals surface area contributed by atoms with Gasteiger partial charge in [-0.15, -0.1) is 12.6 Å². The van der Waals surface area contributed by atoms with E-state index in [0.717, 1.165) is 27.6 Å². The van der Waals surface area contributed by atoms with Gasteiger partial charge < -0.3 is 9.52 Å². The average Bonchev–Trinajstić information content (AvgIpc) is 2.93. The van der Waals surface area contributed by atoms with Crippen molar-refractivity contribution in [1.29, 1.82) is 0 Å². The molecule has 4 aromatic rings. The molecule has 1 heterocycles. The molecule has 1 aromatic heterocycles. The molecule has 0 aliphatic carbocycles. The number of hydrogen-bond acceptors (Lipinski definition) is 6. The predicted octanol–water partition coefficient (Wildman–Crippen LogP) is 6.76. The largest absolute Gasteiger partial charge is 0.480 e. The van der Waals surface area contributed by atoms with E-state index in [9.17, 15) is 9.90 Å². The van der Waals surface area contributed by atoms with Crippen LogP contribution in [0.3, 0.4) is 0 Å². The van der Waals surface area contributed by atoms with Gasteiger partial charge in [-0.25, -0.2) is 0 Å². The summed E-state index contributed by atoms with van der Waals surface area (Å²) in [6, 6.07) is 21.8. The van der Waals surface area contributed by atoms with Crippen LogP contribution in [-0.2, 0) is 0 Å². The summed E-state index contributed by atoms with van der Waals surface area (Å²) in [5, 5.41) is 10.9. The Balaban J connectivity index is 1.79. The van der Waals surface area contributed by atoms with Crippen molar-refractivity contribution in [2.75, 3.05) is 0 Å². The minimum atomic E-state index is -0.162. The quantitative estimate of drug-likeness (QED) is 0.217. The van der Waals surface area contributed by atoms with E-state index in [1.165, 1.54) is 0 Å². The van der Waals surface area contributed by atoms with Gasteiger partial charge in [0.15, 0.2) is 0 Å². The number of furan rings is 1. The summed E-state index contributed by atoms with van der Waals surface area (Å²) in [4.78, 5) is 14.0. The zero-order chi connectivity index (χ0) is 19.7. The maximum Gasteiger partial charge on any atom is 0.291 e. The van der Waals surface area contributed by atoms with Crippen LogP contribution in [0.25, 0.3) is 22.1 Å². The van der Waals surface area contributed by atoms with Gasteiger partial charge in [0.25, 0.3) is 5.95 Å². The Morgan fingerprint density at radius 2 is 1.71 bits per heavy atom. The molecule has 1 N–H and O–H groups in total. The predicted molar refractivity (Wildman–Crippen MR) is 118 cm³/mol. The first-order valence-electron chi connectivity index (χ1n) is 8.39. The highest BCUT2D eigenvalue weighted by molar-refractivity contribution is 8.14. The first-order valence-corrected chi connectivity index (χ1v) is 10.1. The van der Waals surface area contributed by atoms with E-state index in [-0.39, 0.29) is 11.1 Å². The van der Waals surface area contributed by atoms with Crippen LogP contribution in [0.1, 0.15) is 10.4 Å². The highest BCUT2D eigenvalue weighted by Crippen LogP contribution is 2.40. The van der Waals surface area contributed by atoms with E-state index in [1.54, 1.807) is 36.4 Å². The lowest BCUT2D eigenvalue weighted by Crippen LogP contribution is -1.92. The number of thiol groups is 1. The van der Waals surface area contributed by atoms with Gasteiger partial charge in [0, 0.05) is 20.7 Å². The SMILES string of the molecule is O=C(Sc1cc2oc(O)c(-c3ccccc3)c2ccc1=S)c1ccc(S)cc1. The molecule has 0 saturated carbocycles. The summed E-state index contributed by atoms with van der Waals surface area (Å²) in [5.41, 5.74) is 2.47. The summed E-state index contributed by atoms with van der Waals surface area (Å²) < 4.78 is 6.12. The van der Waals surface area contributed by atoms with E-state index in [4.69, 9.17) is 16.6 Å². The number of benzene rings is 2. The molecule has 0 aliphatic heterocycles. The maximum atomic E-state index is 12.6. The molecule has 6 heteroatoms. The minimum absolute atomic E-state index is 0.127. The lowest BCUT2D eigenvalue weighted by molar-refractivity contribution is 0.108. The van der Waals surface area contributed by atoms with Gasteiger partial charge in [0.1, 0.15) is 5.58 Å². The first kappa shape index (κ1) is 18.8. The van der Waals surface area contributed by atoms with Gasteiger partial charge in [-0.3, -0.25) is 4.79 Å². The number of carbonyl (C=O) groups is 1. The number of aromatic hydroxyl groups is 1. The maximum absolute atomic E-state index is 12.6. The summed E-state index contributed by atoms with van der Waals surface area (Å²) >= 11 is 10.7. The zero-order valence-electron chi connectivity index (χ0n) is 14.5. The Hall–Kier alpha value is -2.54. The highest BCUT2D eigenvalue weighted by Gasteiger charge is 2.16. The van der Waals surface area contributed by atoms with E-state index >= 15 is 0 Å². The molecular formula is C22H14O3S3. The van der Waals surface area contributed by atoms with Crippen molar-refractivity contribution < 1.29 is 14.3 Å². The molecule has 0 saturated heterocycles. The third kappa shape index (κ3) is 3.71. The van der Waals surface area contributed by atoms with Gasteiger partial charge in [0.2, 0.25) is 5.12 Å². The molecule has 0 atom stereocenters. The number of hydrogen-bond donors (Lipinski definition) is 2. The molecule has 0 amide bonds. The molecule has 0 spiro atoms. The van der Waals surface area contributed by atoms with Gasteiger partial charge >= 0.3 is 0 Å². The third-order valence-corrected chi connectivity index (χ3v) is 5.99. The van der Waals surface area contributed by atoms with Crippen LogP contribution in [0.2, 0.25) is 0 Å². The van der Waals surface area contributed by atoms with Crippen LogP contribution in [0.15, 0.2) is 87.0 Å². The second-order valence-corrected chi connectivity index (χ2v) is 8.04. The fourth-order valence-electron chi connectivity index (χ4n) is 2.87. The van der Waals surface area contributed by atoms with Crippen molar-refractivity contribution in [3.8, 4) is 17.1 Å². The second kappa shape index (κ2) is 7.83. The summed E-state index contributed by atoms with van der Waals surface area (Å²) in [6.07, 6.45) is 0. The number of rotatable bonds is 3. The van der Waals surface area contributed by atoms with Crippen LogP contribution in [0.4, 0.5) is 0 Å². The van der Waals surface area contributed by atoms with Crippen LogP contribution >= 0.6 is 36.6 Å². The first-order chi connectivity index (χ1) is 13.5. The molecule has 138 valence electrons.